The van der Waals surface area contributed by atoms with Gasteiger partial charge in [-0.3, -0.25) is 4.90 Å². The summed E-state index contributed by atoms with van der Waals surface area (Å²) >= 11 is 0. The normalized spacial score (nSPS) is 16.0. The molecule has 5 nitrogen and oxygen atoms in total. The third-order valence-corrected chi connectivity index (χ3v) is 3.45. The number of aromatic hydroxyl groups is 1. The maximum Gasteiger partial charge on any atom is 0.127 e. The Bertz CT molecular complexity index is 474. The van der Waals surface area contributed by atoms with Crippen LogP contribution in [0.25, 0.3) is 0 Å². The molecule has 0 radical (unpaired) electrons. The molecule has 0 aliphatic carbocycles. The number of nitrogens with zero attached hydrogens (tertiary/aromatic N) is 2. The van der Waals surface area contributed by atoms with Gasteiger partial charge < -0.3 is 15.2 Å². The van der Waals surface area contributed by atoms with Gasteiger partial charge in [0.05, 0.1) is 25.6 Å². The molecule has 1 aliphatic heterocycles. The van der Waals surface area contributed by atoms with Gasteiger partial charge in [0, 0.05) is 37.8 Å². The Morgan fingerprint density at radius 2 is 2.05 bits per heavy atom. The number of nitriles is 1. The molecular weight excluding hydrogens is 313 g/mol. The van der Waals surface area contributed by atoms with E-state index in [4.69, 9.17) is 10.00 Å². The fourth-order valence-corrected chi connectivity index (χ4v) is 2.49. The zero-order valence-electron chi connectivity index (χ0n) is 11.9. The highest BCUT2D eigenvalue weighted by Crippen LogP contribution is 2.34. The summed E-state index contributed by atoms with van der Waals surface area (Å²) in [5, 5.41) is 21.9. The molecule has 0 unspecified atom stereocenters. The Labute approximate surface area is 137 Å². The fraction of sp³-hybridized carbons (Fsp3) is 0.500. The standard InChI is InChI=1S/C14H19N3O2.2ClH/c1-19-14-10-11(18)2-3-12(14)13(4-5-15)17-8-6-16-7-9-17;;/h2-3,10,13,16,18H,4,6-9H2,1H3;2*1H/t13-;;/m1../s1. The molecule has 0 amide bonds. The van der Waals surface area contributed by atoms with Crippen LogP contribution in [0.1, 0.15) is 18.0 Å². The van der Waals surface area contributed by atoms with Crippen LogP contribution in [0.15, 0.2) is 18.2 Å². The number of phenols is 1. The van der Waals surface area contributed by atoms with Gasteiger partial charge >= 0.3 is 0 Å². The lowest BCUT2D eigenvalue weighted by atomic mass is 10.0. The number of hydrogen-bond acceptors (Lipinski definition) is 5. The molecule has 1 aromatic rings. The van der Waals surface area contributed by atoms with E-state index in [0.717, 1.165) is 31.7 Å². The van der Waals surface area contributed by atoms with Gasteiger partial charge in [0.2, 0.25) is 0 Å². The molecule has 0 spiro atoms. The average molecular weight is 334 g/mol. The third-order valence-electron chi connectivity index (χ3n) is 3.45. The minimum Gasteiger partial charge on any atom is -0.508 e. The molecule has 0 bridgehead atoms. The highest BCUT2D eigenvalue weighted by molar-refractivity contribution is 5.85. The molecule has 1 saturated heterocycles. The number of nitrogens with one attached hydrogen (secondary N) is 1. The quantitative estimate of drug-likeness (QED) is 0.883. The van der Waals surface area contributed by atoms with Crippen molar-refractivity contribution in [3.8, 4) is 17.6 Å². The summed E-state index contributed by atoms with van der Waals surface area (Å²) in [5.41, 5.74) is 0.962. The van der Waals surface area contributed by atoms with Gasteiger partial charge in [0.1, 0.15) is 11.5 Å². The molecule has 0 aromatic heterocycles. The first-order valence-corrected chi connectivity index (χ1v) is 6.45. The van der Waals surface area contributed by atoms with Crippen molar-refractivity contribution in [2.24, 2.45) is 0 Å². The summed E-state index contributed by atoms with van der Waals surface area (Å²) in [6.07, 6.45) is 0.418. The zero-order valence-corrected chi connectivity index (χ0v) is 13.5. The molecule has 1 fully saturated rings. The first-order valence-electron chi connectivity index (χ1n) is 6.45. The van der Waals surface area contributed by atoms with Crippen LogP contribution in [0.4, 0.5) is 0 Å². The van der Waals surface area contributed by atoms with Crippen LogP contribution in [0, 0.1) is 11.3 Å². The molecule has 21 heavy (non-hydrogen) atoms. The van der Waals surface area contributed by atoms with Crippen molar-refractivity contribution in [1.82, 2.24) is 10.2 Å². The van der Waals surface area contributed by atoms with E-state index in [9.17, 15) is 5.11 Å². The van der Waals surface area contributed by atoms with Crippen molar-refractivity contribution >= 4 is 24.8 Å². The van der Waals surface area contributed by atoms with E-state index in [0.29, 0.717) is 12.2 Å². The third kappa shape index (κ3) is 4.94. The predicted octanol–water partition coefficient (Wildman–Crippen LogP) is 2.10. The number of piperazine rings is 1. The van der Waals surface area contributed by atoms with E-state index in [2.05, 4.69) is 16.3 Å². The van der Waals surface area contributed by atoms with Crippen molar-refractivity contribution in [2.45, 2.75) is 12.5 Å². The molecule has 7 heteroatoms. The fourth-order valence-electron chi connectivity index (χ4n) is 2.49. The summed E-state index contributed by atoms with van der Waals surface area (Å²) < 4.78 is 5.33. The predicted molar refractivity (Wildman–Crippen MR) is 86.6 cm³/mol. The highest BCUT2D eigenvalue weighted by atomic mass is 35.5. The largest absolute Gasteiger partial charge is 0.508 e. The monoisotopic (exact) mass is 333 g/mol. The van der Waals surface area contributed by atoms with E-state index < -0.39 is 0 Å². The van der Waals surface area contributed by atoms with Gasteiger partial charge in [-0.25, -0.2) is 0 Å². The molecule has 1 atom stereocenters. The summed E-state index contributed by atoms with van der Waals surface area (Å²) in [7, 11) is 1.58. The van der Waals surface area contributed by atoms with E-state index >= 15 is 0 Å². The molecule has 1 heterocycles. The lowest BCUT2D eigenvalue weighted by Gasteiger charge is -2.34. The number of rotatable bonds is 4. The lowest BCUT2D eigenvalue weighted by molar-refractivity contribution is 0.172. The van der Waals surface area contributed by atoms with Crippen LogP contribution >= 0.6 is 24.8 Å². The molecule has 0 saturated carbocycles. The zero-order chi connectivity index (χ0) is 13.7. The number of hydrogen-bond donors (Lipinski definition) is 2. The first-order chi connectivity index (χ1) is 9.26. The van der Waals surface area contributed by atoms with E-state index in [1.54, 1.807) is 19.2 Å². The smallest absolute Gasteiger partial charge is 0.127 e. The number of halogens is 2. The SMILES string of the molecule is COc1cc(O)ccc1[C@@H](CC#N)N1CCNCC1.Cl.Cl. The molecule has 1 aliphatic rings. The second kappa shape index (κ2) is 9.69. The van der Waals surface area contributed by atoms with Gasteiger partial charge in [-0.15, -0.1) is 24.8 Å². The Morgan fingerprint density at radius 1 is 1.38 bits per heavy atom. The van der Waals surface area contributed by atoms with Gasteiger partial charge in [-0.1, -0.05) is 6.07 Å². The Kier molecular flexibility index (Phi) is 9.14. The first kappa shape index (κ1) is 19.8. The molecule has 118 valence electrons. The van der Waals surface area contributed by atoms with Gasteiger partial charge in [0.15, 0.2) is 0 Å². The Balaban J connectivity index is 0.00000200. The minimum atomic E-state index is 0. The van der Waals surface area contributed by atoms with Crippen molar-refractivity contribution in [1.29, 1.82) is 5.26 Å². The lowest BCUT2D eigenvalue weighted by Crippen LogP contribution is -2.45. The second-order valence-corrected chi connectivity index (χ2v) is 4.59. The van der Waals surface area contributed by atoms with Crippen LogP contribution < -0.4 is 10.1 Å². The second-order valence-electron chi connectivity index (χ2n) is 4.59. The Hall–Kier alpha value is -1.19. The maximum atomic E-state index is 9.52. The highest BCUT2D eigenvalue weighted by Gasteiger charge is 2.24. The number of phenolic OH excluding ortho intramolecular Hbond substituents is 1. The van der Waals surface area contributed by atoms with Crippen LogP contribution in [0.3, 0.4) is 0 Å². The van der Waals surface area contributed by atoms with Crippen LogP contribution in [-0.2, 0) is 0 Å². The van der Waals surface area contributed by atoms with Crippen molar-refractivity contribution in [3.63, 3.8) is 0 Å². The average Bonchev–Trinajstić information content (AvgIpc) is 2.46. The summed E-state index contributed by atoms with van der Waals surface area (Å²) in [6, 6.07) is 7.35. The molecule has 1 aromatic carbocycles. The van der Waals surface area contributed by atoms with Crippen molar-refractivity contribution < 1.29 is 9.84 Å². The molecular formula is C14H21Cl2N3O2. The van der Waals surface area contributed by atoms with Gasteiger partial charge in [-0.2, -0.15) is 5.26 Å². The van der Waals surface area contributed by atoms with Gasteiger partial charge in [0.25, 0.3) is 0 Å². The van der Waals surface area contributed by atoms with E-state index in [1.165, 1.54) is 0 Å². The van der Waals surface area contributed by atoms with Gasteiger partial charge in [-0.05, 0) is 6.07 Å². The number of methoxy groups -OCH3 is 1. The minimum absolute atomic E-state index is 0. The van der Waals surface area contributed by atoms with Crippen LogP contribution in [0.5, 0.6) is 11.5 Å². The number of benzene rings is 1. The Morgan fingerprint density at radius 3 is 2.62 bits per heavy atom. The van der Waals surface area contributed by atoms with Crippen molar-refractivity contribution in [3.05, 3.63) is 23.8 Å². The summed E-state index contributed by atoms with van der Waals surface area (Å²) in [4.78, 5) is 2.29. The summed E-state index contributed by atoms with van der Waals surface area (Å²) in [5.74, 6) is 0.815. The van der Waals surface area contributed by atoms with Crippen LogP contribution in [0.2, 0.25) is 0 Å². The topological polar surface area (TPSA) is 68.5 Å². The van der Waals surface area contributed by atoms with E-state index in [1.807, 2.05) is 6.07 Å². The maximum absolute atomic E-state index is 9.52. The van der Waals surface area contributed by atoms with E-state index in [-0.39, 0.29) is 36.6 Å². The van der Waals surface area contributed by atoms with Crippen molar-refractivity contribution in [2.75, 3.05) is 33.3 Å². The molecule has 2 N–H and O–H groups in total. The summed E-state index contributed by atoms with van der Waals surface area (Å²) in [6.45, 7) is 3.69. The molecule has 2 rings (SSSR count). The van der Waals surface area contributed by atoms with Crippen LogP contribution in [-0.4, -0.2) is 43.3 Å². The number of ether oxygens (including phenoxy) is 1.